The van der Waals surface area contributed by atoms with E-state index in [-0.39, 0.29) is 5.91 Å². The van der Waals surface area contributed by atoms with Crippen molar-refractivity contribution < 1.29 is 14.3 Å². The highest BCUT2D eigenvalue weighted by Crippen LogP contribution is 1.92. The molecule has 0 atom stereocenters. The Kier molecular flexibility index (Phi) is 9.52. The second kappa shape index (κ2) is 9.93. The zero-order valence-electron chi connectivity index (χ0n) is 10.0. The van der Waals surface area contributed by atoms with Gasteiger partial charge in [-0.2, -0.15) is 0 Å². The molecule has 4 nitrogen and oxygen atoms in total. The van der Waals surface area contributed by atoms with E-state index in [1.807, 2.05) is 0 Å². The van der Waals surface area contributed by atoms with E-state index < -0.39 is 0 Å². The third kappa shape index (κ3) is 11.3. The summed E-state index contributed by atoms with van der Waals surface area (Å²) in [7, 11) is 1.64. The first kappa shape index (κ1) is 14.4. The Balaban J connectivity index is 3.17. The molecule has 0 saturated heterocycles. The van der Waals surface area contributed by atoms with Crippen LogP contribution in [0.2, 0.25) is 0 Å². The fourth-order valence-electron chi connectivity index (χ4n) is 0.985. The molecule has 0 saturated carbocycles. The molecular formula is C11H23NO3. The van der Waals surface area contributed by atoms with Gasteiger partial charge >= 0.3 is 0 Å². The minimum Gasteiger partial charge on any atom is -0.382 e. The number of hydrogen-bond donors (Lipinski definition) is 1. The van der Waals surface area contributed by atoms with Gasteiger partial charge in [-0.3, -0.25) is 4.79 Å². The van der Waals surface area contributed by atoms with Crippen LogP contribution in [-0.4, -0.2) is 39.4 Å². The van der Waals surface area contributed by atoms with E-state index in [4.69, 9.17) is 9.47 Å². The number of amides is 1. The van der Waals surface area contributed by atoms with Crippen molar-refractivity contribution in [3.63, 3.8) is 0 Å². The summed E-state index contributed by atoms with van der Waals surface area (Å²) in [4.78, 5) is 11.2. The first-order valence-electron chi connectivity index (χ1n) is 5.50. The Morgan fingerprint density at radius 1 is 1.27 bits per heavy atom. The SMILES string of the molecule is COCCOCCCC(=O)NCC(C)C. The number of rotatable bonds is 9. The average molecular weight is 217 g/mol. The predicted molar refractivity (Wildman–Crippen MR) is 59.8 cm³/mol. The summed E-state index contributed by atoms with van der Waals surface area (Å²) < 4.78 is 10.1. The minimum absolute atomic E-state index is 0.110. The Bertz CT molecular complexity index is 160. The Hall–Kier alpha value is -0.610. The van der Waals surface area contributed by atoms with Crippen LogP contribution < -0.4 is 5.32 Å². The number of carbonyl (C=O) groups excluding carboxylic acids is 1. The molecule has 0 aromatic rings. The van der Waals surface area contributed by atoms with Crippen LogP contribution in [0, 0.1) is 5.92 Å². The van der Waals surface area contributed by atoms with Crippen LogP contribution in [0.4, 0.5) is 0 Å². The molecule has 0 aromatic carbocycles. The van der Waals surface area contributed by atoms with Crippen molar-refractivity contribution in [1.29, 1.82) is 0 Å². The molecule has 0 aliphatic carbocycles. The monoisotopic (exact) mass is 217 g/mol. The van der Waals surface area contributed by atoms with Gasteiger partial charge in [-0.15, -0.1) is 0 Å². The quantitative estimate of drug-likeness (QED) is 0.590. The molecule has 0 spiro atoms. The van der Waals surface area contributed by atoms with Gasteiger partial charge in [0, 0.05) is 26.7 Å². The maximum atomic E-state index is 11.2. The van der Waals surface area contributed by atoms with E-state index in [9.17, 15) is 4.79 Å². The first-order chi connectivity index (χ1) is 7.16. The summed E-state index contributed by atoms with van der Waals surface area (Å²) >= 11 is 0. The summed E-state index contributed by atoms with van der Waals surface area (Å²) in [6, 6.07) is 0. The first-order valence-corrected chi connectivity index (χ1v) is 5.50. The van der Waals surface area contributed by atoms with E-state index in [1.165, 1.54) is 0 Å². The third-order valence-corrected chi connectivity index (χ3v) is 1.83. The largest absolute Gasteiger partial charge is 0.382 e. The van der Waals surface area contributed by atoms with Crippen molar-refractivity contribution in [2.24, 2.45) is 5.92 Å². The Morgan fingerprint density at radius 2 is 2.00 bits per heavy atom. The van der Waals surface area contributed by atoms with Gasteiger partial charge in [0.15, 0.2) is 0 Å². The molecule has 0 rings (SSSR count). The van der Waals surface area contributed by atoms with E-state index in [0.29, 0.717) is 32.2 Å². The number of carbonyl (C=O) groups is 1. The maximum absolute atomic E-state index is 11.2. The lowest BCUT2D eigenvalue weighted by atomic mass is 10.2. The number of methoxy groups -OCH3 is 1. The summed E-state index contributed by atoms with van der Waals surface area (Å²) in [5, 5.41) is 2.86. The van der Waals surface area contributed by atoms with Crippen LogP contribution in [0.1, 0.15) is 26.7 Å². The second-order valence-electron chi connectivity index (χ2n) is 3.91. The molecule has 1 N–H and O–H groups in total. The molecule has 0 bridgehead atoms. The molecule has 1 amide bonds. The van der Waals surface area contributed by atoms with E-state index in [0.717, 1.165) is 13.0 Å². The molecule has 15 heavy (non-hydrogen) atoms. The van der Waals surface area contributed by atoms with Crippen molar-refractivity contribution in [1.82, 2.24) is 5.32 Å². The van der Waals surface area contributed by atoms with Crippen LogP contribution in [0.15, 0.2) is 0 Å². The molecule has 0 aliphatic rings. The number of hydrogen-bond acceptors (Lipinski definition) is 3. The topological polar surface area (TPSA) is 47.6 Å². The zero-order chi connectivity index (χ0) is 11.5. The van der Waals surface area contributed by atoms with Crippen LogP contribution in [0.3, 0.4) is 0 Å². The molecule has 0 heterocycles. The summed E-state index contributed by atoms with van der Waals surface area (Å²) in [6.45, 7) is 6.74. The van der Waals surface area contributed by atoms with Gasteiger partial charge in [-0.1, -0.05) is 13.8 Å². The third-order valence-electron chi connectivity index (χ3n) is 1.83. The highest BCUT2D eigenvalue weighted by atomic mass is 16.5. The maximum Gasteiger partial charge on any atom is 0.220 e. The van der Waals surface area contributed by atoms with Crippen LogP contribution in [0.5, 0.6) is 0 Å². The van der Waals surface area contributed by atoms with Gasteiger partial charge in [-0.25, -0.2) is 0 Å². The molecule has 0 aromatic heterocycles. The summed E-state index contributed by atoms with van der Waals surface area (Å²) in [6.07, 6.45) is 1.31. The molecule has 0 unspecified atom stereocenters. The molecule has 4 heteroatoms. The standard InChI is InChI=1S/C11H23NO3/c1-10(2)9-12-11(13)5-4-6-15-8-7-14-3/h10H,4-9H2,1-3H3,(H,12,13). The summed E-state index contributed by atoms with van der Waals surface area (Å²) in [5.41, 5.74) is 0. The van der Waals surface area contributed by atoms with E-state index in [2.05, 4.69) is 19.2 Å². The number of nitrogens with one attached hydrogen (secondary N) is 1. The molecule has 0 aliphatic heterocycles. The smallest absolute Gasteiger partial charge is 0.220 e. The lowest BCUT2D eigenvalue weighted by Gasteiger charge is -2.07. The van der Waals surface area contributed by atoms with Gasteiger partial charge < -0.3 is 14.8 Å². The molecule has 0 fully saturated rings. The lowest BCUT2D eigenvalue weighted by molar-refractivity contribution is -0.121. The fraction of sp³-hybridized carbons (Fsp3) is 0.909. The highest BCUT2D eigenvalue weighted by Gasteiger charge is 2.01. The highest BCUT2D eigenvalue weighted by molar-refractivity contribution is 5.75. The molecular weight excluding hydrogens is 194 g/mol. The number of ether oxygens (including phenoxy) is 2. The van der Waals surface area contributed by atoms with E-state index >= 15 is 0 Å². The normalized spacial score (nSPS) is 10.7. The van der Waals surface area contributed by atoms with Crippen molar-refractivity contribution in [3.05, 3.63) is 0 Å². The fourth-order valence-corrected chi connectivity index (χ4v) is 0.985. The predicted octanol–water partition coefficient (Wildman–Crippen LogP) is 1.20. The zero-order valence-corrected chi connectivity index (χ0v) is 10.0. The van der Waals surface area contributed by atoms with Crippen molar-refractivity contribution in [3.8, 4) is 0 Å². The second-order valence-corrected chi connectivity index (χ2v) is 3.91. The average Bonchev–Trinajstić information content (AvgIpc) is 2.20. The molecule has 0 radical (unpaired) electrons. The van der Waals surface area contributed by atoms with Crippen molar-refractivity contribution >= 4 is 5.91 Å². The van der Waals surface area contributed by atoms with Crippen LogP contribution >= 0.6 is 0 Å². The minimum atomic E-state index is 0.110. The lowest BCUT2D eigenvalue weighted by Crippen LogP contribution is -2.27. The van der Waals surface area contributed by atoms with Crippen molar-refractivity contribution in [2.75, 3.05) is 33.5 Å². The van der Waals surface area contributed by atoms with Crippen LogP contribution in [-0.2, 0) is 14.3 Å². The van der Waals surface area contributed by atoms with Gasteiger partial charge in [0.25, 0.3) is 0 Å². The Morgan fingerprint density at radius 3 is 2.60 bits per heavy atom. The summed E-state index contributed by atoms with van der Waals surface area (Å²) in [5.74, 6) is 0.617. The van der Waals surface area contributed by atoms with Crippen LogP contribution in [0.25, 0.3) is 0 Å². The van der Waals surface area contributed by atoms with Gasteiger partial charge in [0.05, 0.1) is 13.2 Å². The molecule has 90 valence electrons. The van der Waals surface area contributed by atoms with Gasteiger partial charge in [0.2, 0.25) is 5.91 Å². The van der Waals surface area contributed by atoms with Crippen molar-refractivity contribution in [2.45, 2.75) is 26.7 Å². The van der Waals surface area contributed by atoms with Gasteiger partial charge in [-0.05, 0) is 12.3 Å². The van der Waals surface area contributed by atoms with Gasteiger partial charge in [0.1, 0.15) is 0 Å². The van der Waals surface area contributed by atoms with E-state index in [1.54, 1.807) is 7.11 Å². The Labute approximate surface area is 92.3 Å².